The molecule has 0 aromatic heterocycles. The van der Waals surface area contributed by atoms with Gasteiger partial charge in [-0.3, -0.25) is 0 Å². The van der Waals surface area contributed by atoms with Crippen LogP contribution in [-0.4, -0.2) is 35.3 Å². The third-order valence-corrected chi connectivity index (χ3v) is 3.76. The summed E-state index contributed by atoms with van der Waals surface area (Å²) in [5.74, 6) is 0. The van der Waals surface area contributed by atoms with Crippen LogP contribution in [0.4, 0.5) is 4.79 Å². The summed E-state index contributed by atoms with van der Waals surface area (Å²) in [6.07, 6.45) is 1.36. The maximum absolute atomic E-state index is 11.9. The standard InChI is InChI=1S/C15H21NO3/c1-3-19-14(17)16-11-7-10-13(16)15(2,18)12-8-5-4-6-9-12/h4-6,8-9,13,18H,3,7,10-11H2,1-2H3/t13-,15-/m0/s1. The van der Waals surface area contributed by atoms with Gasteiger partial charge in [0.25, 0.3) is 0 Å². The van der Waals surface area contributed by atoms with E-state index in [4.69, 9.17) is 4.74 Å². The van der Waals surface area contributed by atoms with Crippen LogP contribution in [0.25, 0.3) is 0 Å². The monoisotopic (exact) mass is 263 g/mol. The molecule has 2 rings (SSSR count). The first kappa shape index (κ1) is 13.9. The summed E-state index contributed by atoms with van der Waals surface area (Å²) in [4.78, 5) is 13.6. The van der Waals surface area contributed by atoms with Crippen molar-refractivity contribution >= 4 is 6.09 Å². The van der Waals surface area contributed by atoms with E-state index in [0.29, 0.717) is 13.2 Å². The van der Waals surface area contributed by atoms with E-state index >= 15 is 0 Å². The highest BCUT2D eigenvalue weighted by Crippen LogP contribution is 2.34. The Kier molecular flexibility index (Phi) is 4.10. The number of carbonyl (C=O) groups is 1. The van der Waals surface area contributed by atoms with E-state index in [0.717, 1.165) is 18.4 Å². The Morgan fingerprint density at radius 1 is 1.47 bits per heavy atom. The summed E-state index contributed by atoms with van der Waals surface area (Å²) < 4.78 is 5.06. The van der Waals surface area contributed by atoms with E-state index in [1.54, 1.807) is 18.7 Å². The zero-order chi connectivity index (χ0) is 13.9. The highest BCUT2D eigenvalue weighted by molar-refractivity contribution is 5.68. The second-order valence-corrected chi connectivity index (χ2v) is 5.06. The molecule has 19 heavy (non-hydrogen) atoms. The van der Waals surface area contributed by atoms with Gasteiger partial charge in [0.05, 0.1) is 12.6 Å². The summed E-state index contributed by atoms with van der Waals surface area (Å²) in [5, 5.41) is 10.8. The smallest absolute Gasteiger partial charge is 0.410 e. The van der Waals surface area contributed by atoms with Gasteiger partial charge in [-0.25, -0.2) is 4.79 Å². The molecule has 1 aromatic carbocycles. The second kappa shape index (κ2) is 5.61. The summed E-state index contributed by atoms with van der Waals surface area (Å²) in [6, 6.07) is 9.26. The number of benzene rings is 1. The van der Waals surface area contributed by atoms with Crippen molar-refractivity contribution in [2.45, 2.75) is 38.3 Å². The number of ether oxygens (including phenoxy) is 1. The number of likely N-dealkylation sites (tertiary alicyclic amines) is 1. The molecule has 1 N–H and O–H groups in total. The van der Waals surface area contributed by atoms with Crippen molar-refractivity contribution in [3.63, 3.8) is 0 Å². The molecule has 1 aliphatic rings. The molecular formula is C15H21NO3. The summed E-state index contributed by atoms with van der Waals surface area (Å²) >= 11 is 0. The van der Waals surface area contributed by atoms with Crippen LogP contribution in [0.15, 0.2) is 30.3 Å². The minimum atomic E-state index is -1.05. The first-order valence-corrected chi connectivity index (χ1v) is 6.78. The molecule has 0 spiro atoms. The maximum atomic E-state index is 11.9. The Morgan fingerprint density at radius 2 is 2.16 bits per heavy atom. The van der Waals surface area contributed by atoms with E-state index in [-0.39, 0.29) is 12.1 Å². The number of carbonyl (C=O) groups excluding carboxylic acids is 1. The van der Waals surface area contributed by atoms with Crippen LogP contribution in [0, 0.1) is 0 Å². The molecule has 1 heterocycles. The van der Waals surface area contributed by atoms with Gasteiger partial charge in [-0.2, -0.15) is 0 Å². The van der Waals surface area contributed by atoms with Crippen LogP contribution >= 0.6 is 0 Å². The Bertz CT molecular complexity index is 430. The van der Waals surface area contributed by atoms with Crippen molar-refractivity contribution in [3.05, 3.63) is 35.9 Å². The molecule has 1 aliphatic heterocycles. The molecule has 2 atom stereocenters. The molecule has 1 fully saturated rings. The molecule has 4 nitrogen and oxygen atoms in total. The predicted molar refractivity (Wildman–Crippen MR) is 72.8 cm³/mol. The number of rotatable bonds is 3. The fraction of sp³-hybridized carbons (Fsp3) is 0.533. The minimum absolute atomic E-state index is 0.228. The Hall–Kier alpha value is -1.55. The Labute approximate surface area is 114 Å². The van der Waals surface area contributed by atoms with Gasteiger partial charge in [-0.15, -0.1) is 0 Å². The van der Waals surface area contributed by atoms with Gasteiger partial charge >= 0.3 is 6.09 Å². The minimum Gasteiger partial charge on any atom is -0.450 e. The van der Waals surface area contributed by atoms with E-state index < -0.39 is 5.60 Å². The van der Waals surface area contributed by atoms with Crippen LogP contribution in [0.1, 0.15) is 32.3 Å². The zero-order valence-electron chi connectivity index (χ0n) is 11.5. The van der Waals surface area contributed by atoms with Crippen molar-refractivity contribution < 1.29 is 14.6 Å². The highest BCUT2D eigenvalue weighted by Gasteiger charge is 2.43. The van der Waals surface area contributed by atoms with Crippen LogP contribution < -0.4 is 0 Å². The Balaban J connectivity index is 2.22. The first-order chi connectivity index (χ1) is 9.07. The number of aliphatic hydroxyl groups is 1. The van der Waals surface area contributed by atoms with E-state index in [1.807, 2.05) is 30.3 Å². The summed E-state index contributed by atoms with van der Waals surface area (Å²) in [5.41, 5.74) is -0.221. The SMILES string of the molecule is CCOC(=O)N1CCC[C@H]1[C@@](C)(O)c1ccccc1. The number of hydrogen-bond donors (Lipinski definition) is 1. The number of hydrogen-bond acceptors (Lipinski definition) is 3. The van der Waals surface area contributed by atoms with Gasteiger partial charge in [0.2, 0.25) is 0 Å². The second-order valence-electron chi connectivity index (χ2n) is 5.06. The van der Waals surface area contributed by atoms with Crippen LogP contribution in [-0.2, 0) is 10.3 Å². The van der Waals surface area contributed by atoms with Crippen molar-refractivity contribution in [1.82, 2.24) is 4.90 Å². The predicted octanol–water partition coefficient (Wildman–Crippen LogP) is 2.52. The average molecular weight is 263 g/mol. The molecule has 1 amide bonds. The van der Waals surface area contributed by atoms with Gasteiger partial charge < -0.3 is 14.7 Å². The third kappa shape index (κ3) is 2.73. The first-order valence-electron chi connectivity index (χ1n) is 6.78. The van der Waals surface area contributed by atoms with Crippen LogP contribution in [0.5, 0.6) is 0 Å². The molecule has 1 saturated heterocycles. The molecule has 0 radical (unpaired) electrons. The Morgan fingerprint density at radius 3 is 2.79 bits per heavy atom. The van der Waals surface area contributed by atoms with Gasteiger partial charge in [0, 0.05) is 6.54 Å². The molecule has 104 valence electrons. The van der Waals surface area contributed by atoms with Crippen LogP contribution in [0.3, 0.4) is 0 Å². The lowest BCUT2D eigenvalue weighted by Gasteiger charge is -2.36. The largest absolute Gasteiger partial charge is 0.450 e. The van der Waals surface area contributed by atoms with Crippen molar-refractivity contribution in [2.75, 3.05) is 13.2 Å². The van der Waals surface area contributed by atoms with Crippen LogP contribution in [0.2, 0.25) is 0 Å². The fourth-order valence-electron chi connectivity index (χ4n) is 2.74. The lowest BCUT2D eigenvalue weighted by molar-refractivity contribution is -0.0220. The zero-order valence-corrected chi connectivity index (χ0v) is 11.5. The summed E-state index contributed by atoms with van der Waals surface area (Å²) in [6.45, 7) is 4.56. The maximum Gasteiger partial charge on any atom is 0.410 e. The topological polar surface area (TPSA) is 49.8 Å². The fourth-order valence-corrected chi connectivity index (χ4v) is 2.74. The van der Waals surface area contributed by atoms with Crippen molar-refractivity contribution in [2.24, 2.45) is 0 Å². The third-order valence-electron chi connectivity index (χ3n) is 3.76. The number of amides is 1. The van der Waals surface area contributed by atoms with E-state index in [2.05, 4.69) is 0 Å². The number of nitrogens with zero attached hydrogens (tertiary/aromatic N) is 1. The quantitative estimate of drug-likeness (QED) is 0.911. The van der Waals surface area contributed by atoms with Crippen molar-refractivity contribution in [1.29, 1.82) is 0 Å². The lowest BCUT2D eigenvalue weighted by atomic mass is 9.87. The van der Waals surface area contributed by atoms with Gasteiger partial charge in [0.15, 0.2) is 0 Å². The molecule has 0 bridgehead atoms. The van der Waals surface area contributed by atoms with Gasteiger partial charge in [0.1, 0.15) is 5.60 Å². The average Bonchev–Trinajstić information content (AvgIpc) is 2.90. The lowest BCUT2D eigenvalue weighted by Crippen LogP contribution is -2.48. The molecular weight excluding hydrogens is 242 g/mol. The molecule has 0 unspecified atom stereocenters. The molecule has 1 aromatic rings. The van der Waals surface area contributed by atoms with Gasteiger partial charge in [-0.1, -0.05) is 30.3 Å². The molecule has 4 heteroatoms. The summed E-state index contributed by atoms with van der Waals surface area (Å²) in [7, 11) is 0. The molecule has 0 aliphatic carbocycles. The van der Waals surface area contributed by atoms with Crippen molar-refractivity contribution in [3.8, 4) is 0 Å². The van der Waals surface area contributed by atoms with Gasteiger partial charge in [-0.05, 0) is 32.3 Å². The molecule has 0 saturated carbocycles. The van der Waals surface area contributed by atoms with E-state index in [1.165, 1.54) is 0 Å². The van der Waals surface area contributed by atoms with E-state index in [9.17, 15) is 9.90 Å². The highest BCUT2D eigenvalue weighted by atomic mass is 16.6. The normalized spacial score (nSPS) is 22.1.